The number of carbonyl (C=O) groups is 1. The van der Waals surface area contributed by atoms with E-state index in [9.17, 15) is 4.79 Å². The summed E-state index contributed by atoms with van der Waals surface area (Å²) in [7, 11) is 0. The lowest BCUT2D eigenvalue weighted by atomic mass is 9.91. The van der Waals surface area contributed by atoms with Crippen molar-refractivity contribution in [2.45, 2.75) is 31.8 Å². The number of ether oxygens (including phenoxy) is 1. The zero-order valence-corrected chi connectivity index (χ0v) is 19.3. The Hall–Kier alpha value is -1.71. The summed E-state index contributed by atoms with van der Waals surface area (Å²) >= 11 is 0. The second-order valence-corrected chi connectivity index (χ2v) is 7.84. The Morgan fingerprint density at radius 1 is 1.10 bits per heavy atom. The standard InChI is InChI=1S/C21H29N5O3.2ClH/c1-15(20-23-19(24-29-20)17-5-3-2-4-6-17)25-9-11-26(12-10-25)21(27)18(22)16-7-13-28-14-8-16;;/h2-6,15-16,18H,7-14,22H2,1H3;2*1H. The predicted molar refractivity (Wildman–Crippen MR) is 122 cm³/mol. The number of amides is 1. The highest BCUT2D eigenvalue weighted by Crippen LogP contribution is 2.24. The molecule has 3 heterocycles. The molecule has 10 heteroatoms. The molecule has 2 unspecified atom stereocenters. The summed E-state index contributed by atoms with van der Waals surface area (Å²) in [5, 5.41) is 4.12. The number of nitrogens with zero attached hydrogens (tertiary/aromatic N) is 4. The number of benzene rings is 1. The number of piperazine rings is 1. The van der Waals surface area contributed by atoms with Crippen molar-refractivity contribution >= 4 is 30.7 Å². The van der Waals surface area contributed by atoms with Crippen LogP contribution < -0.4 is 5.73 Å². The smallest absolute Gasteiger partial charge is 0.244 e. The Labute approximate surface area is 195 Å². The van der Waals surface area contributed by atoms with E-state index < -0.39 is 6.04 Å². The molecule has 2 aliphatic heterocycles. The fourth-order valence-electron chi connectivity index (χ4n) is 4.08. The Balaban J connectivity index is 0.00000171. The minimum absolute atomic E-state index is 0. The molecular formula is C21H31Cl2N5O3. The summed E-state index contributed by atoms with van der Waals surface area (Å²) in [6.07, 6.45) is 1.73. The first kappa shape index (κ1) is 25.5. The quantitative estimate of drug-likeness (QED) is 0.714. The van der Waals surface area contributed by atoms with Crippen LogP contribution in [0.5, 0.6) is 0 Å². The zero-order chi connectivity index (χ0) is 20.2. The maximum absolute atomic E-state index is 12.8. The number of halogens is 2. The van der Waals surface area contributed by atoms with Crippen LogP contribution in [-0.4, -0.2) is 71.3 Å². The molecule has 2 aliphatic rings. The van der Waals surface area contributed by atoms with Crippen LogP contribution in [0.25, 0.3) is 11.4 Å². The van der Waals surface area contributed by atoms with Gasteiger partial charge >= 0.3 is 0 Å². The first-order valence-electron chi connectivity index (χ1n) is 10.4. The summed E-state index contributed by atoms with van der Waals surface area (Å²) < 4.78 is 10.9. The van der Waals surface area contributed by atoms with Crippen molar-refractivity contribution < 1.29 is 14.1 Å². The Morgan fingerprint density at radius 2 is 1.74 bits per heavy atom. The summed E-state index contributed by atoms with van der Waals surface area (Å²) in [6.45, 7) is 6.32. The second-order valence-electron chi connectivity index (χ2n) is 7.84. The van der Waals surface area contributed by atoms with Crippen LogP contribution >= 0.6 is 24.8 Å². The lowest BCUT2D eigenvalue weighted by Crippen LogP contribution is -2.55. The fraction of sp³-hybridized carbons (Fsp3) is 0.571. The van der Waals surface area contributed by atoms with Gasteiger partial charge in [0.1, 0.15) is 0 Å². The number of aromatic nitrogens is 2. The van der Waals surface area contributed by atoms with Crippen LogP contribution in [0.1, 0.15) is 31.7 Å². The number of rotatable bonds is 5. The largest absolute Gasteiger partial charge is 0.381 e. The van der Waals surface area contributed by atoms with Crippen molar-refractivity contribution in [2.24, 2.45) is 11.7 Å². The molecule has 0 radical (unpaired) electrons. The van der Waals surface area contributed by atoms with Gasteiger partial charge < -0.3 is 19.9 Å². The number of hydrogen-bond acceptors (Lipinski definition) is 7. The summed E-state index contributed by atoms with van der Waals surface area (Å²) in [5.74, 6) is 1.49. The number of hydrogen-bond donors (Lipinski definition) is 1. The molecule has 0 spiro atoms. The first-order valence-corrected chi connectivity index (χ1v) is 10.4. The van der Waals surface area contributed by atoms with Gasteiger partial charge in [0, 0.05) is 45.0 Å². The molecule has 4 rings (SSSR count). The van der Waals surface area contributed by atoms with Crippen molar-refractivity contribution in [1.82, 2.24) is 19.9 Å². The van der Waals surface area contributed by atoms with E-state index in [1.54, 1.807) is 0 Å². The van der Waals surface area contributed by atoms with Gasteiger partial charge in [-0.15, -0.1) is 24.8 Å². The van der Waals surface area contributed by atoms with E-state index in [2.05, 4.69) is 22.0 Å². The molecule has 2 saturated heterocycles. The normalized spacial score (nSPS) is 19.7. The Kier molecular flexibility index (Phi) is 9.71. The van der Waals surface area contributed by atoms with Crippen LogP contribution in [0.3, 0.4) is 0 Å². The molecule has 0 saturated carbocycles. The molecule has 0 bridgehead atoms. The van der Waals surface area contributed by atoms with Gasteiger partial charge in [0.2, 0.25) is 17.6 Å². The van der Waals surface area contributed by atoms with Crippen molar-refractivity contribution in [3.8, 4) is 11.4 Å². The first-order chi connectivity index (χ1) is 14.1. The van der Waals surface area contributed by atoms with Gasteiger partial charge in [-0.3, -0.25) is 9.69 Å². The molecule has 172 valence electrons. The van der Waals surface area contributed by atoms with Crippen LogP contribution in [0.15, 0.2) is 34.9 Å². The number of carbonyl (C=O) groups excluding carboxylic acids is 1. The van der Waals surface area contributed by atoms with Gasteiger partial charge in [-0.05, 0) is 25.7 Å². The summed E-state index contributed by atoms with van der Waals surface area (Å²) in [4.78, 5) is 21.5. The van der Waals surface area contributed by atoms with Gasteiger partial charge in [-0.1, -0.05) is 35.5 Å². The minimum Gasteiger partial charge on any atom is -0.381 e. The van der Waals surface area contributed by atoms with Crippen LogP contribution in [0.4, 0.5) is 0 Å². The van der Waals surface area contributed by atoms with E-state index in [0.29, 0.717) is 38.0 Å². The number of nitrogens with two attached hydrogens (primary N) is 1. The molecule has 2 aromatic rings. The molecular weight excluding hydrogens is 441 g/mol. The van der Waals surface area contributed by atoms with E-state index in [-0.39, 0.29) is 42.7 Å². The molecule has 2 fully saturated rings. The average molecular weight is 472 g/mol. The van der Waals surface area contributed by atoms with Crippen molar-refractivity contribution in [2.75, 3.05) is 39.4 Å². The lowest BCUT2D eigenvalue weighted by molar-refractivity contribution is -0.136. The van der Waals surface area contributed by atoms with Crippen molar-refractivity contribution in [3.05, 3.63) is 36.2 Å². The van der Waals surface area contributed by atoms with Crippen LogP contribution in [0, 0.1) is 5.92 Å². The molecule has 31 heavy (non-hydrogen) atoms. The van der Waals surface area contributed by atoms with E-state index in [4.69, 9.17) is 15.0 Å². The van der Waals surface area contributed by atoms with E-state index in [0.717, 1.165) is 31.5 Å². The van der Waals surface area contributed by atoms with E-state index >= 15 is 0 Å². The molecule has 1 aromatic heterocycles. The maximum atomic E-state index is 12.8. The Morgan fingerprint density at radius 3 is 2.39 bits per heavy atom. The highest BCUT2D eigenvalue weighted by atomic mass is 35.5. The van der Waals surface area contributed by atoms with Gasteiger partial charge in [0.15, 0.2) is 0 Å². The van der Waals surface area contributed by atoms with Crippen molar-refractivity contribution in [1.29, 1.82) is 0 Å². The monoisotopic (exact) mass is 471 g/mol. The maximum Gasteiger partial charge on any atom is 0.244 e. The highest BCUT2D eigenvalue weighted by molar-refractivity contribution is 5.85. The second kappa shape index (κ2) is 11.8. The summed E-state index contributed by atoms with van der Waals surface area (Å²) in [6, 6.07) is 9.37. The predicted octanol–water partition coefficient (Wildman–Crippen LogP) is 2.54. The molecule has 2 atom stereocenters. The topological polar surface area (TPSA) is 97.7 Å². The zero-order valence-electron chi connectivity index (χ0n) is 17.7. The highest BCUT2D eigenvalue weighted by Gasteiger charge is 2.33. The third-order valence-electron chi connectivity index (χ3n) is 6.06. The van der Waals surface area contributed by atoms with Gasteiger partial charge in [-0.25, -0.2) is 0 Å². The van der Waals surface area contributed by atoms with Crippen molar-refractivity contribution in [3.63, 3.8) is 0 Å². The Bertz CT molecular complexity index is 808. The van der Waals surface area contributed by atoms with E-state index in [1.165, 1.54) is 0 Å². The molecule has 1 aromatic carbocycles. The van der Waals surface area contributed by atoms with Gasteiger partial charge in [0.25, 0.3) is 0 Å². The molecule has 8 nitrogen and oxygen atoms in total. The van der Waals surface area contributed by atoms with Gasteiger partial charge in [-0.2, -0.15) is 4.98 Å². The molecule has 0 aliphatic carbocycles. The van der Waals surface area contributed by atoms with Crippen LogP contribution in [-0.2, 0) is 9.53 Å². The molecule has 2 N–H and O–H groups in total. The van der Waals surface area contributed by atoms with E-state index in [1.807, 2.05) is 35.2 Å². The summed E-state index contributed by atoms with van der Waals surface area (Å²) in [5.41, 5.74) is 7.21. The lowest BCUT2D eigenvalue weighted by Gasteiger charge is -2.39. The fourth-order valence-corrected chi connectivity index (χ4v) is 4.08. The third kappa shape index (κ3) is 5.96. The van der Waals surface area contributed by atoms with Crippen LogP contribution in [0.2, 0.25) is 0 Å². The molecule has 1 amide bonds. The SMILES string of the molecule is CC(c1nc(-c2ccccc2)no1)N1CCN(C(=O)C(N)C2CCOCC2)CC1.Cl.Cl. The minimum atomic E-state index is -0.424. The average Bonchev–Trinajstić information content (AvgIpc) is 3.29. The third-order valence-corrected chi connectivity index (χ3v) is 6.06. The van der Waals surface area contributed by atoms with Gasteiger partial charge in [0.05, 0.1) is 12.1 Å².